The molecule has 2 aromatic rings. The molecule has 0 saturated carbocycles. The van der Waals surface area contributed by atoms with E-state index in [-0.39, 0.29) is 0 Å². The fourth-order valence-electron chi connectivity index (χ4n) is 1.97. The van der Waals surface area contributed by atoms with E-state index in [1.165, 1.54) is 5.56 Å². The standard InChI is InChI=1S/C14H17NO2/c1-8-9(2)15-12-6-5-10(7-11(8)12)14(3,4)13(16)17/h5-7,15H,1-4H3,(H,16,17). The van der Waals surface area contributed by atoms with Crippen molar-refractivity contribution >= 4 is 16.9 Å². The second kappa shape index (κ2) is 3.62. The van der Waals surface area contributed by atoms with Crippen LogP contribution in [0.5, 0.6) is 0 Å². The van der Waals surface area contributed by atoms with Gasteiger partial charge < -0.3 is 10.1 Å². The number of carboxylic acid groups (broad SMARTS) is 1. The molecule has 0 bridgehead atoms. The molecule has 0 radical (unpaired) electrons. The summed E-state index contributed by atoms with van der Waals surface area (Å²) in [5, 5.41) is 10.3. The number of aromatic nitrogens is 1. The van der Waals surface area contributed by atoms with E-state index in [9.17, 15) is 9.90 Å². The topological polar surface area (TPSA) is 53.1 Å². The molecule has 90 valence electrons. The van der Waals surface area contributed by atoms with Crippen LogP contribution in [0.2, 0.25) is 0 Å². The van der Waals surface area contributed by atoms with E-state index >= 15 is 0 Å². The second-order valence-corrected chi connectivity index (χ2v) is 5.07. The number of aryl methyl sites for hydroxylation is 2. The van der Waals surface area contributed by atoms with Crippen LogP contribution in [0.25, 0.3) is 10.9 Å². The largest absolute Gasteiger partial charge is 0.481 e. The summed E-state index contributed by atoms with van der Waals surface area (Å²) in [6.07, 6.45) is 0. The third-order valence-electron chi connectivity index (χ3n) is 3.56. The fourth-order valence-corrected chi connectivity index (χ4v) is 1.97. The Labute approximate surface area is 100 Å². The van der Waals surface area contributed by atoms with Crippen molar-refractivity contribution in [1.29, 1.82) is 0 Å². The third-order valence-corrected chi connectivity index (χ3v) is 3.56. The summed E-state index contributed by atoms with van der Waals surface area (Å²) in [5.41, 5.74) is 3.35. The maximum atomic E-state index is 11.2. The summed E-state index contributed by atoms with van der Waals surface area (Å²) in [4.78, 5) is 14.5. The predicted octanol–water partition coefficient (Wildman–Crippen LogP) is 3.15. The summed E-state index contributed by atoms with van der Waals surface area (Å²) >= 11 is 0. The van der Waals surface area contributed by atoms with Crippen LogP contribution >= 0.6 is 0 Å². The van der Waals surface area contributed by atoms with Crippen molar-refractivity contribution in [1.82, 2.24) is 4.98 Å². The van der Waals surface area contributed by atoms with Gasteiger partial charge in [0.25, 0.3) is 0 Å². The molecule has 1 aromatic carbocycles. The van der Waals surface area contributed by atoms with Gasteiger partial charge in [-0.2, -0.15) is 0 Å². The Morgan fingerprint density at radius 2 is 1.94 bits per heavy atom. The number of aliphatic carboxylic acids is 1. The summed E-state index contributed by atoms with van der Waals surface area (Å²) in [7, 11) is 0. The van der Waals surface area contributed by atoms with Crippen molar-refractivity contribution in [2.75, 3.05) is 0 Å². The first kappa shape index (κ1) is 11.7. The highest BCUT2D eigenvalue weighted by Gasteiger charge is 2.29. The molecular formula is C14H17NO2. The average Bonchev–Trinajstić information content (AvgIpc) is 2.54. The number of hydrogen-bond acceptors (Lipinski definition) is 1. The predicted molar refractivity (Wildman–Crippen MR) is 68.4 cm³/mol. The van der Waals surface area contributed by atoms with Gasteiger partial charge in [0.2, 0.25) is 0 Å². The van der Waals surface area contributed by atoms with Gasteiger partial charge in [0.1, 0.15) is 0 Å². The number of hydrogen-bond donors (Lipinski definition) is 2. The van der Waals surface area contributed by atoms with Crippen molar-refractivity contribution in [2.45, 2.75) is 33.1 Å². The maximum Gasteiger partial charge on any atom is 0.313 e. The van der Waals surface area contributed by atoms with Crippen molar-refractivity contribution < 1.29 is 9.90 Å². The van der Waals surface area contributed by atoms with E-state index in [0.29, 0.717) is 0 Å². The fraction of sp³-hybridized carbons (Fsp3) is 0.357. The first-order chi connectivity index (χ1) is 7.84. The number of carboxylic acids is 1. The Kier molecular flexibility index (Phi) is 2.49. The normalized spacial score (nSPS) is 12.0. The molecule has 0 aliphatic rings. The maximum absolute atomic E-state index is 11.2. The van der Waals surface area contributed by atoms with E-state index in [4.69, 9.17) is 0 Å². The van der Waals surface area contributed by atoms with Gasteiger partial charge in [0.05, 0.1) is 5.41 Å². The van der Waals surface area contributed by atoms with Crippen LogP contribution in [-0.2, 0) is 10.2 Å². The lowest BCUT2D eigenvalue weighted by Gasteiger charge is -2.19. The van der Waals surface area contributed by atoms with Gasteiger partial charge in [0, 0.05) is 16.6 Å². The molecule has 1 aromatic heterocycles. The highest BCUT2D eigenvalue weighted by atomic mass is 16.4. The smallest absolute Gasteiger partial charge is 0.313 e. The van der Waals surface area contributed by atoms with Gasteiger partial charge in [-0.15, -0.1) is 0 Å². The van der Waals surface area contributed by atoms with Crippen molar-refractivity contribution in [3.63, 3.8) is 0 Å². The van der Waals surface area contributed by atoms with Crippen molar-refractivity contribution in [3.8, 4) is 0 Å². The second-order valence-electron chi connectivity index (χ2n) is 5.07. The number of aromatic amines is 1. The number of benzene rings is 1. The van der Waals surface area contributed by atoms with Crippen LogP contribution < -0.4 is 0 Å². The molecule has 0 aliphatic heterocycles. The van der Waals surface area contributed by atoms with Gasteiger partial charge in [-0.25, -0.2) is 0 Å². The Hall–Kier alpha value is -1.77. The van der Waals surface area contributed by atoms with Gasteiger partial charge in [0.15, 0.2) is 0 Å². The first-order valence-electron chi connectivity index (χ1n) is 5.67. The molecule has 0 saturated heterocycles. The van der Waals surface area contributed by atoms with Gasteiger partial charge in [-0.05, 0) is 51.0 Å². The number of H-pyrrole nitrogens is 1. The van der Waals surface area contributed by atoms with Crippen molar-refractivity contribution in [2.24, 2.45) is 0 Å². The molecule has 1 heterocycles. The number of carbonyl (C=O) groups is 1. The lowest BCUT2D eigenvalue weighted by Crippen LogP contribution is -2.28. The van der Waals surface area contributed by atoms with E-state index in [0.717, 1.165) is 22.2 Å². The molecule has 0 amide bonds. The zero-order valence-corrected chi connectivity index (χ0v) is 10.6. The van der Waals surface area contributed by atoms with Crippen LogP contribution in [0.1, 0.15) is 30.7 Å². The molecule has 0 fully saturated rings. The van der Waals surface area contributed by atoms with Gasteiger partial charge >= 0.3 is 5.97 Å². The molecule has 2 rings (SSSR count). The molecule has 0 aliphatic carbocycles. The zero-order valence-electron chi connectivity index (χ0n) is 10.6. The number of fused-ring (bicyclic) bond motifs is 1. The highest BCUT2D eigenvalue weighted by Crippen LogP contribution is 2.29. The van der Waals surface area contributed by atoms with Crippen LogP contribution in [0, 0.1) is 13.8 Å². The van der Waals surface area contributed by atoms with E-state index in [1.54, 1.807) is 13.8 Å². The van der Waals surface area contributed by atoms with E-state index in [1.807, 2.05) is 32.0 Å². The molecule has 0 spiro atoms. The quantitative estimate of drug-likeness (QED) is 0.834. The van der Waals surface area contributed by atoms with Crippen LogP contribution in [-0.4, -0.2) is 16.1 Å². The summed E-state index contributed by atoms with van der Waals surface area (Å²) in [6.45, 7) is 7.53. The van der Waals surface area contributed by atoms with Crippen LogP contribution in [0.3, 0.4) is 0 Å². The molecule has 3 heteroatoms. The van der Waals surface area contributed by atoms with E-state index < -0.39 is 11.4 Å². The number of nitrogens with one attached hydrogen (secondary N) is 1. The molecule has 0 unspecified atom stereocenters. The van der Waals surface area contributed by atoms with Crippen molar-refractivity contribution in [3.05, 3.63) is 35.0 Å². The molecule has 17 heavy (non-hydrogen) atoms. The summed E-state index contributed by atoms with van der Waals surface area (Å²) < 4.78 is 0. The van der Waals surface area contributed by atoms with Gasteiger partial charge in [-0.1, -0.05) is 6.07 Å². The Bertz CT molecular complexity index is 594. The average molecular weight is 231 g/mol. The van der Waals surface area contributed by atoms with Gasteiger partial charge in [-0.3, -0.25) is 4.79 Å². The SMILES string of the molecule is Cc1[nH]c2ccc(C(C)(C)C(=O)O)cc2c1C. The lowest BCUT2D eigenvalue weighted by molar-refractivity contribution is -0.142. The Balaban J connectivity index is 2.66. The molecular weight excluding hydrogens is 214 g/mol. The lowest BCUT2D eigenvalue weighted by atomic mass is 9.84. The minimum Gasteiger partial charge on any atom is -0.481 e. The van der Waals surface area contributed by atoms with Crippen LogP contribution in [0.4, 0.5) is 0 Å². The zero-order chi connectivity index (χ0) is 12.8. The minimum atomic E-state index is -0.855. The molecule has 3 nitrogen and oxygen atoms in total. The summed E-state index contributed by atoms with van der Waals surface area (Å²) in [6, 6.07) is 5.81. The third kappa shape index (κ3) is 1.71. The monoisotopic (exact) mass is 231 g/mol. The Morgan fingerprint density at radius 1 is 1.29 bits per heavy atom. The Morgan fingerprint density at radius 3 is 2.53 bits per heavy atom. The van der Waals surface area contributed by atoms with E-state index in [2.05, 4.69) is 4.98 Å². The molecule has 0 atom stereocenters. The number of rotatable bonds is 2. The first-order valence-corrected chi connectivity index (χ1v) is 5.67. The van der Waals surface area contributed by atoms with Crippen LogP contribution in [0.15, 0.2) is 18.2 Å². The minimum absolute atomic E-state index is 0.804. The highest BCUT2D eigenvalue weighted by molar-refractivity contribution is 5.88. The summed E-state index contributed by atoms with van der Waals surface area (Å²) in [5.74, 6) is -0.804. The molecule has 2 N–H and O–H groups in total.